The fourth-order valence-corrected chi connectivity index (χ4v) is 2.30. The lowest BCUT2D eigenvalue weighted by Gasteiger charge is -2.29. The van der Waals surface area contributed by atoms with Gasteiger partial charge in [-0.25, -0.2) is 0 Å². The van der Waals surface area contributed by atoms with E-state index in [9.17, 15) is 5.11 Å². The highest BCUT2D eigenvalue weighted by Crippen LogP contribution is 2.36. The van der Waals surface area contributed by atoms with Gasteiger partial charge in [0.1, 0.15) is 0 Å². The van der Waals surface area contributed by atoms with Gasteiger partial charge in [-0.15, -0.1) is 0 Å². The van der Waals surface area contributed by atoms with Crippen molar-refractivity contribution >= 4 is 0 Å². The van der Waals surface area contributed by atoms with Gasteiger partial charge in [0.05, 0.1) is 18.8 Å². The zero-order valence-electron chi connectivity index (χ0n) is 10.5. The highest BCUT2D eigenvalue weighted by Gasteiger charge is 2.31. The summed E-state index contributed by atoms with van der Waals surface area (Å²) in [6.07, 6.45) is 1.05. The van der Waals surface area contributed by atoms with E-state index in [0.717, 1.165) is 11.1 Å². The Kier molecular flexibility index (Phi) is 3.82. The zero-order chi connectivity index (χ0) is 12.3. The van der Waals surface area contributed by atoms with E-state index < -0.39 is 5.60 Å². The first-order valence-electron chi connectivity index (χ1n) is 6.26. The van der Waals surface area contributed by atoms with E-state index >= 15 is 0 Å². The molecule has 0 aromatic heterocycles. The maximum absolute atomic E-state index is 10.6. The maximum Gasteiger partial charge on any atom is 0.184 e. The Bertz CT molecular complexity index is 365. The van der Waals surface area contributed by atoms with Crippen LogP contribution in [-0.4, -0.2) is 18.3 Å². The predicted molar refractivity (Wildman–Crippen MR) is 65.6 cm³/mol. The predicted octanol–water partition coefficient (Wildman–Crippen LogP) is 2.74. The summed E-state index contributed by atoms with van der Waals surface area (Å²) in [5, 5.41) is 10.6. The Labute approximate surface area is 102 Å². The van der Waals surface area contributed by atoms with Gasteiger partial charge in [0.2, 0.25) is 0 Å². The second kappa shape index (κ2) is 5.17. The maximum atomic E-state index is 10.6. The number of ether oxygens (including phenoxy) is 2. The molecule has 0 aliphatic carbocycles. The molecule has 0 spiro atoms. The molecule has 1 aliphatic heterocycles. The number of aliphatic hydroxyl groups is 1. The molecule has 0 atom stereocenters. The number of hydrogen-bond donors (Lipinski definition) is 1. The third-order valence-corrected chi connectivity index (χ3v) is 3.51. The molecule has 0 amide bonds. The number of rotatable bonds is 4. The first-order valence-corrected chi connectivity index (χ1v) is 6.26. The Morgan fingerprint density at radius 2 is 1.76 bits per heavy atom. The average Bonchev–Trinajstić information content (AvgIpc) is 2.92. The summed E-state index contributed by atoms with van der Waals surface area (Å²) in [5.41, 5.74) is 1.10. The van der Waals surface area contributed by atoms with Crippen LogP contribution in [-0.2, 0) is 15.1 Å². The molecule has 0 radical (unpaired) electrons. The van der Waals surface area contributed by atoms with Crippen LogP contribution in [0.2, 0.25) is 0 Å². The minimum atomic E-state index is -0.786. The van der Waals surface area contributed by atoms with Crippen LogP contribution in [0.5, 0.6) is 0 Å². The second-order valence-corrected chi connectivity index (χ2v) is 4.40. The van der Waals surface area contributed by atoms with E-state index in [1.165, 1.54) is 0 Å². The minimum Gasteiger partial charge on any atom is -0.385 e. The van der Waals surface area contributed by atoms with E-state index in [0.29, 0.717) is 26.1 Å². The smallest absolute Gasteiger partial charge is 0.184 e. The fourth-order valence-electron chi connectivity index (χ4n) is 2.30. The lowest BCUT2D eigenvalue weighted by Crippen LogP contribution is -2.26. The highest BCUT2D eigenvalue weighted by atomic mass is 16.7. The second-order valence-electron chi connectivity index (χ2n) is 4.40. The molecule has 1 aromatic rings. The quantitative estimate of drug-likeness (QED) is 0.873. The van der Waals surface area contributed by atoms with Crippen molar-refractivity contribution in [2.75, 3.05) is 13.2 Å². The van der Waals surface area contributed by atoms with Crippen molar-refractivity contribution in [2.24, 2.45) is 0 Å². The summed E-state index contributed by atoms with van der Waals surface area (Å²) in [6.45, 7) is 5.23. The Hall–Kier alpha value is -0.900. The van der Waals surface area contributed by atoms with Gasteiger partial charge in [-0.2, -0.15) is 0 Å². The van der Waals surface area contributed by atoms with Crippen LogP contribution in [0.3, 0.4) is 0 Å². The largest absolute Gasteiger partial charge is 0.385 e. The molecule has 3 heteroatoms. The first kappa shape index (κ1) is 12.6. The van der Waals surface area contributed by atoms with Crippen molar-refractivity contribution in [3.05, 3.63) is 35.4 Å². The van der Waals surface area contributed by atoms with Crippen LogP contribution in [0, 0.1) is 0 Å². The SMILES string of the molecule is CCC(O)(CC)c1ccccc1C1OCCO1. The molecule has 17 heavy (non-hydrogen) atoms. The molecule has 1 heterocycles. The Morgan fingerprint density at radius 1 is 1.18 bits per heavy atom. The van der Waals surface area contributed by atoms with Crippen molar-refractivity contribution in [3.8, 4) is 0 Å². The van der Waals surface area contributed by atoms with E-state index in [2.05, 4.69) is 0 Å². The van der Waals surface area contributed by atoms with Crippen molar-refractivity contribution in [1.82, 2.24) is 0 Å². The summed E-state index contributed by atoms with van der Waals surface area (Å²) in [7, 11) is 0. The monoisotopic (exact) mass is 236 g/mol. The lowest BCUT2D eigenvalue weighted by atomic mass is 9.85. The van der Waals surface area contributed by atoms with Gasteiger partial charge >= 0.3 is 0 Å². The standard InChI is InChI=1S/C14H20O3/c1-3-14(15,4-2)12-8-6-5-7-11(12)13-16-9-10-17-13/h5-8,13,15H,3-4,9-10H2,1-2H3. The van der Waals surface area contributed by atoms with Crippen LogP contribution in [0.15, 0.2) is 24.3 Å². The van der Waals surface area contributed by atoms with Gasteiger partial charge in [-0.05, 0) is 18.4 Å². The van der Waals surface area contributed by atoms with Gasteiger partial charge in [0.25, 0.3) is 0 Å². The van der Waals surface area contributed by atoms with Crippen molar-refractivity contribution in [3.63, 3.8) is 0 Å². The van der Waals surface area contributed by atoms with Gasteiger partial charge in [0.15, 0.2) is 6.29 Å². The molecule has 0 unspecified atom stereocenters. The minimum absolute atomic E-state index is 0.323. The van der Waals surface area contributed by atoms with E-state index in [1.54, 1.807) is 0 Å². The topological polar surface area (TPSA) is 38.7 Å². The Balaban J connectivity index is 2.39. The summed E-state index contributed by atoms with van der Waals surface area (Å²) in [4.78, 5) is 0. The van der Waals surface area contributed by atoms with E-state index in [4.69, 9.17) is 9.47 Å². The summed E-state index contributed by atoms with van der Waals surface area (Å²) in [5.74, 6) is 0. The number of benzene rings is 1. The molecule has 94 valence electrons. The summed E-state index contributed by atoms with van der Waals surface area (Å²) in [6, 6.07) is 7.84. The van der Waals surface area contributed by atoms with Gasteiger partial charge in [-0.1, -0.05) is 38.1 Å². The molecule has 1 saturated heterocycles. The van der Waals surface area contributed by atoms with Gasteiger partial charge in [0, 0.05) is 5.56 Å². The van der Waals surface area contributed by atoms with Crippen LogP contribution in [0.1, 0.15) is 44.1 Å². The fraction of sp³-hybridized carbons (Fsp3) is 0.571. The highest BCUT2D eigenvalue weighted by molar-refractivity contribution is 5.33. The molecule has 0 saturated carbocycles. The molecular formula is C14H20O3. The molecular weight excluding hydrogens is 216 g/mol. The lowest BCUT2D eigenvalue weighted by molar-refractivity contribution is -0.0502. The molecule has 0 bridgehead atoms. The van der Waals surface area contributed by atoms with Crippen LogP contribution < -0.4 is 0 Å². The Morgan fingerprint density at radius 3 is 2.35 bits per heavy atom. The van der Waals surface area contributed by atoms with Crippen LogP contribution >= 0.6 is 0 Å². The van der Waals surface area contributed by atoms with Gasteiger partial charge < -0.3 is 14.6 Å². The zero-order valence-corrected chi connectivity index (χ0v) is 10.5. The molecule has 1 fully saturated rings. The third-order valence-electron chi connectivity index (χ3n) is 3.51. The van der Waals surface area contributed by atoms with E-state index in [1.807, 2.05) is 38.1 Å². The van der Waals surface area contributed by atoms with Crippen molar-refractivity contribution < 1.29 is 14.6 Å². The molecule has 1 aliphatic rings. The third kappa shape index (κ3) is 2.37. The summed E-state index contributed by atoms with van der Waals surface area (Å²) < 4.78 is 11.1. The molecule has 1 aromatic carbocycles. The summed E-state index contributed by atoms with van der Waals surface area (Å²) >= 11 is 0. The van der Waals surface area contributed by atoms with Crippen LogP contribution in [0.4, 0.5) is 0 Å². The molecule has 2 rings (SSSR count). The number of hydrogen-bond acceptors (Lipinski definition) is 3. The van der Waals surface area contributed by atoms with Gasteiger partial charge in [-0.3, -0.25) is 0 Å². The first-order chi connectivity index (χ1) is 8.21. The van der Waals surface area contributed by atoms with Crippen LogP contribution in [0.25, 0.3) is 0 Å². The normalized spacial score (nSPS) is 17.6. The van der Waals surface area contributed by atoms with E-state index in [-0.39, 0.29) is 6.29 Å². The molecule has 1 N–H and O–H groups in total. The average molecular weight is 236 g/mol. The van der Waals surface area contributed by atoms with Crippen molar-refractivity contribution in [2.45, 2.75) is 38.6 Å². The van der Waals surface area contributed by atoms with Crippen molar-refractivity contribution in [1.29, 1.82) is 0 Å². The molecule has 3 nitrogen and oxygen atoms in total.